The summed E-state index contributed by atoms with van der Waals surface area (Å²) in [6.45, 7) is 14.4. The molecule has 2 N–H and O–H groups in total. The predicted octanol–water partition coefficient (Wildman–Crippen LogP) is 4.58. The summed E-state index contributed by atoms with van der Waals surface area (Å²) >= 11 is 0. The van der Waals surface area contributed by atoms with Gasteiger partial charge in [-0.15, -0.1) is 0 Å². The van der Waals surface area contributed by atoms with Crippen LogP contribution in [0.25, 0.3) is 10.9 Å². The van der Waals surface area contributed by atoms with E-state index in [1.54, 1.807) is 0 Å². The Morgan fingerprint density at radius 3 is 2.67 bits per heavy atom. The molecule has 1 fully saturated rings. The quantitative estimate of drug-likeness (QED) is 0.732. The first-order valence-electron chi connectivity index (χ1n) is 11.9. The Balaban J connectivity index is 1.69. The van der Waals surface area contributed by atoms with Crippen molar-refractivity contribution in [3.8, 4) is 0 Å². The van der Waals surface area contributed by atoms with Gasteiger partial charge in [0.05, 0.1) is 0 Å². The molecule has 30 heavy (non-hydrogen) atoms. The maximum atomic E-state index is 12.8. The molecule has 2 aromatic rings. The molecule has 164 valence electrons. The van der Waals surface area contributed by atoms with Crippen molar-refractivity contribution in [1.29, 1.82) is 0 Å². The minimum absolute atomic E-state index is 0.0837. The summed E-state index contributed by atoms with van der Waals surface area (Å²) in [5.74, 6) is 0.475. The van der Waals surface area contributed by atoms with Gasteiger partial charge >= 0.3 is 6.03 Å². The molecule has 1 aliphatic carbocycles. The van der Waals surface area contributed by atoms with Crippen LogP contribution in [0.5, 0.6) is 0 Å². The van der Waals surface area contributed by atoms with Crippen LogP contribution in [-0.2, 0) is 12.8 Å². The normalized spacial score (nSPS) is 23.4. The van der Waals surface area contributed by atoms with E-state index in [9.17, 15) is 4.79 Å². The number of nitrogens with one attached hydrogen (secondary N) is 2. The third-order valence-corrected chi connectivity index (χ3v) is 7.40. The second kappa shape index (κ2) is 8.62. The number of carbonyl (C=O) groups is 1. The van der Waals surface area contributed by atoms with Crippen LogP contribution in [0.2, 0.25) is 0 Å². The summed E-state index contributed by atoms with van der Waals surface area (Å²) in [5.41, 5.74) is 7.09. The van der Waals surface area contributed by atoms with Crippen molar-refractivity contribution in [2.75, 3.05) is 26.2 Å². The zero-order chi connectivity index (χ0) is 21.4. The molecule has 4 rings (SSSR count). The molecule has 1 saturated heterocycles. The van der Waals surface area contributed by atoms with Crippen molar-refractivity contribution in [2.45, 2.75) is 78.3 Å². The fourth-order valence-corrected chi connectivity index (χ4v) is 5.89. The van der Waals surface area contributed by atoms with Crippen molar-refractivity contribution in [3.63, 3.8) is 0 Å². The summed E-state index contributed by atoms with van der Waals surface area (Å²) in [4.78, 5) is 21.0. The molecule has 3 atom stereocenters. The van der Waals surface area contributed by atoms with Crippen molar-refractivity contribution in [3.05, 3.63) is 34.5 Å². The number of likely N-dealkylation sites (tertiary alicyclic amines) is 1. The molecule has 0 bridgehead atoms. The van der Waals surface area contributed by atoms with E-state index in [1.165, 1.54) is 33.3 Å². The molecule has 2 aliphatic rings. The topological polar surface area (TPSA) is 51.4 Å². The molecule has 2 amide bonds. The van der Waals surface area contributed by atoms with Crippen LogP contribution in [0, 0.1) is 6.92 Å². The summed E-state index contributed by atoms with van der Waals surface area (Å²) < 4.78 is 0. The fourth-order valence-electron chi connectivity index (χ4n) is 5.89. The summed E-state index contributed by atoms with van der Waals surface area (Å²) in [7, 11) is 0. The number of aryl methyl sites for hydroxylation is 2. The van der Waals surface area contributed by atoms with Crippen molar-refractivity contribution in [1.82, 2.24) is 20.1 Å². The molecule has 1 aromatic carbocycles. The Labute approximate surface area is 181 Å². The molecule has 5 nitrogen and oxygen atoms in total. The third kappa shape index (κ3) is 3.51. The number of carbonyl (C=O) groups excluding carboxylic acids is 1. The predicted molar refractivity (Wildman–Crippen MR) is 124 cm³/mol. The average molecular weight is 411 g/mol. The molecular formula is C25H38N4O. The maximum absolute atomic E-state index is 12.8. The number of hydrogen-bond donors (Lipinski definition) is 2. The maximum Gasteiger partial charge on any atom is 0.317 e. The van der Waals surface area contributed by atoms with Gasteiger partial charge < -0.3 is 15.2 Å². The monoisotopic (exact) mass is 410 g/mol. The van der Waals surface area contributed by atoms with Gasteiger partial charge in [-0.05, 0) is 69.7 Å². The number of nitrogens with zero attached hydrogens (tertiary/aromatic N) is 2. The molecule has 1 aliphatic heterocycles. The van der Waals surface area contributed by atoms with Gasteiger partial charge in [0.15, 0.2) is 0 Å². The Morgan fingerprint density at radius 2 is 2.00 bits per heavy atom. The van der Waals surface area contributed by atoms with Crippen molar-refractivity contribution >= 4 is 16.9 Å². The number of rotatable bonds is 6. The standard InChI is InChI=1S/C25H38N4O/c1-6-12-29-15-18(27-25(30)28(8-3)9-4)13-21-19-11-10-17(7-2)24-23(19)20(14-22(21)29)16(5)26-24/h10-11,18,21-22,26H,6-9,12-15H2,1-5H3,(H,27,30)/t18-,21?,22+/m0/s1. The van der Waals surface area contributed by atoms with E-state index in [0.29, 0.717) is 12.0 Å². The minimum Gasteiger partial charge on any atom is -0.358 e. The minimum atomic E-state index is 0.0837. The lowest BCUT2D eigenvalue weighted by atomic mass is 9.73. The summed E-state index contributed by atoms with van der Waals surface area (Å²) in [5, 5.41) is 4.84. The van der Waals surface area contributed by atoms with Crippen LogP contribution in [-0.4, -0.2) is 59.1 Å². The number of fused-ring (bicyclic) bond motifs is 2. The highest BCUT2D eigenvalue weighted by Gasteiger charge is 2.41. The fraction of sp³-hybridized carbons (Fsp3) is 0.640. The molecule has 2 heterocycles. The number of aromatic nitrogens is 1. The van der Waals surface area contributed by atoms with E-state index >= 15 is 0 Å². The second-order valence-electron chi connectivity index (χ2n) is 9.07. The van der Waals surface area contributed by atoms with E-state index in [-0.39, 0.29) is 12.1 Å². The van der Waals surface area contributed by atoms with Gasteiger partial charge in [0.25, 0.3) is 0 Å². The zero-order valence-corrected chi connectivity index (χ0v) is 19.3. The highest BCUT2D eigenvalue weighted by Crippen LogP contribution is 2.45. The molecule has 0 saturated carbocycles. The molecule has 1 unspecified atom stereocenters. The highest BCUT2D eigenvalue weighted by molar-refractivity contribution is 5.92. The van der Waals surface area contributed by atoms with E-state index < -0.39 is 0 Å². The lowest BCUT2D eigenvalue weighted by Gasteiger charge is -2.47. The third-order valence-electron chi connectivity index (χ3n) is 7.40. The van der Waals surface area contributed by atoms with Crippen LogP contribution in [0.3, 0.4) is 0 Å². The first-order valence-corrected chi connectivity index (χ1v) is 11.9. The number of amides is 2. The average Bonchev–Trinajstić information content (AvgIpc) is 3.07. The number of piperidine rings is 1. The number of H-pyrrole nitrogens is 1. The molecule has 5 heteroatoms. The van der Waals surface area contributed by atoms with Gasteiger partial charge in [0.1, 0.15) is 0 Å². The Bertz CT molecular complexity index is 913. The van der Waals surface area contributed by atoms with Crippen LogP contribution in [0.15, 0.2) is 12.1 Å². The number of urea groups is 1. The molecular weight excluding hydrogens is 372 g/mol. The lowest BCUT2D eigenvalue weighted by Crippen LogP contribution is -2.57. The van der Waals surface area contributed by atoms with Gasteiger partial charge in [-0.1, -0.05) is 26.0 Å². The van der Waals surface area contributed by atoms with Crippen LogP contribution in [0.1, 0.15) is 68.8 Å². The lowest BCUT2D eigenvalue weighted by molar-refractivity contribution is 0.0979. The van der Waals surface area contributed by atoms with Gasteiger partial charge in [-0.3, -0.25) is 4.90 Å². The van der Waals surface area contributed by atoms with E-state index in [4.69, 9.17) is 0 Å². The van der Waals surface area contributed by atoms with E-state index in [2.05, 4.69) is 48.1 Å². The highest BCUT2D eigenvalue weighted by atomic mass is 16.2. The van der Waals surface area contributed by atoms with E-state index in [1.807, 2.05) is 18.7 Å². The van der Waals surface area contributed by atoms with Crippen molar-refractivity contribution in [2.24, 2.45) is 0 Å². The number of benzene rings is 1. The Morgan fingerprint density at radius 1 is 1.23 bits per heavy atom. The second-order valence-corrected chi connectivity index (χ2v) is 9.07. The van der Waals surface area contributed by atoms with Crippen molar-refractivity contribution < 1.29 is 4.79 Å². The Hall–Kier alpha value is -2.01. The largest absolute Gasteiger partial charge is 0.358 e. The number of aromatic amines is 1. The number of hydrogen-bond acceptors (Lipinski definition) is 2. The first-order chi connectivity index (χ1) is 14.5. The SMILES string of the molecule is CCCN1C[C@@H](NC(=O)N(CC)CC)CC2c3ccc(CC)c4[nH]c(C)c(c34)C[C@H]21. The van der Waals surface area contributed by atoms with Gasteiger partial charge in [-0.2, -0.15) is 0 Å². The summed E-state index contributed by atoms with van der Waals surface area (Å²) in [6, 6.07) is 5.52. The van der Waals surface area contributed by atoms with Gasteiger partial charge in [-0.25, -0.2) is 4.79 Å². The Kier molecular flexibility index (Phi) is 6.10. The van der Waals surface area contributed by atoms with Gasteiger partial charge in [0, 0.05) is 54.2 Å². The zero-order valence-electron chi connectivity index (χ0n) is 19.3. The van der Waals surface area contributed by atoms with Gasteiger partial charge in [0.2, 0.25) is 0 Å². The smallest absolute Gasteiger partial charge is 0.317 e. The van der Waals surface area contributed by atoms with Crippen LogP contribution in [0.4, 0.5) is 4.79 Å². The van der Waals surface area contributed by atoms with Crippen LogP contribution >= 0.6 is 0 Å². The molecule has 1 aromatic heterocycles. The molecule has 0 radical (unpaired) electrons. The van der Waals surface area contributed by atoms with Crippen LogP contribution < -0.4 is 5.32 Å². The first kappa shape index (κ1) is 21.2. The summed E-state index contributed by atoms with van der Waals surface area (Å²) in [6.07, 6.45) is 4.34. The molecule has 0 spiro atoms. The van der Waals surface area contributed by atoms with E-state index in [0.717, 1.165) is 51.9 Å².